The summed E-state index contributed by atoms with van der Waals surface area (Å²) in [6.07, 6.45) is 0. The van der Waals surface area contributed by atoms with Gasteiger partial charge in [-0.15, -0.1) is 12.4 Å². The molecule has 1 aromatic carbocycles. The van der Waals surface area contributed by atoms with Crippen LogP contribution in [0.4, 0.5) is 0 Å². The molecular formula is C13H21ClN2O4S. The molecule has 8 heteroatoms. The van der Waals surface area contributed by atoms with Gasteiger partial charge in [-0.2, -0.15) is 0 Å². The molecule has 2 rings (SSSR count). The predicted molar refractivity (Wildman–Crippen MR) is 82.6 cm³/mol. The second-order valence-corrected chi connectivity index (χ2v) is 6.44. The minimum Gasteiger partial charge on any atom is -0.497 e. The minimum atomic E-state index is -3.52. The molecule has 1 unspecified atom stereocenters. The lowest BCUT2D eigenvalue weighted by Crippen LogP contribution is -2.35. The Morgan fingerprint density at radius 2 is 2.29 bits per heavy atom. The first-order chi connectivity index (χ1) is 9.62. The predicted octanol–water partition coefficient (Wildman–Crippen LogP) is 0.631. The Hall–Kier alpha value is -0.860. The molecule has 1 aliphatic rings. The number of hydrogen-bond donors (Lipinski definition) is 2. The second kappa shape index (κ2) is 8.55. The van der Waals surface area contributed by atoms with E-state index in [0.29, 0.717) is 25.5 Å². The normalized spacial score (nSPS) is 19.4. The number of hydrogen-bond acceptors (Lipinski definition) is 5. The van der Waals surface area contributed by atoms with Crippen molar-refractivity contribution in [2.45, 2.75) is 4.90 Å². The van der Waals surface area contributed by atoms with Gasteiger partial charge in [0.1, 0.15) is 5.75 Å². The van der Waals surface area contributed by atoms with Gasteiger partial charge in [-0.3, -0.25) is 0 Å². The maximum Gasteiger partial charge on any atom is 0.240 e. The van der Waals surface area contributed by atoms with Crippen LogP contribution in [0.3, 0.4) is 0 Å². The molecule has 1 heterocycles. The van der Waals surface area contributed by atoms with Gasteiger partial charge in [0.25, 0.3) is 0 Å². The molecule has 120 valence electrons. The van der Waals surface area contributed by atoms with E-state index in [1.165, 1.54) is 13.2 Å². The van der Waals surface area contributed by atoms with Crippen LogP contribution in [0, 0.1) is 5.92 Å². The van der Waals surface area contributed by atoms with Crippen LogP contribution in [-0.4, -0.2) is 48.4 Å². The molecule has 6 nitrogen and oxygen atoms in total. The Morgan fingerprint density at radius 3 is 3.05 bits per heavy atom. The summed E-state index contributed by atoms with van der Waals surface area (Å²) in [5.74, 6) is 0.658. The average molecular weight is 337 g/mol. The first-order valence-electron chi connectivity index (χ1n) is 6.54. The van der Waals surface area contributed by atoms with E-state index in [4.69, 9.17) is 9.47 Å². The number of halogens is 1. The van der Waals surface area contributed by atoms with Crippen molar-refractivity contribution >= 4 is 22.4 Å². The van der Waals surface area contributed by atoms with Crippen molar-refractivity contribution in [1.82, 2.24) is 10.0 Å². The van der Waals surface area contributed by atoms with Gasteiger partial charge in [-0.05, 0) is 12.1 Å². The first kappa shape index (κ1) is 18.2. The fourth-order valence-corrected chi connectivity index (χ4v) is 3.12. The lowest BCUT2D eigenvalue weighted by Gasteiger charge is -2.15. The highest BCUT2D eigenvalue weighted by molar-refractivity contribution is 7.89. The van der Waals surface area contributed by atoms with Crippen LogP contribution in [0.2, 0.25) is 0 Å². The molecule has 0 spiro atoms. The van der Waals surface area contributed by atoms with E-state index in [1.807, 2.05) is 0 Å². The van der Waals surface area contributed by atoms with Crippen LogP contribution in [0.15, 0.2) is 29.2 Å². The SMILES string of the molecule is COc1cccc(S(=O)(=O)NCC2CNCCOC2)c1.Cl. The molecule has 0 bridgehead atoms. The molecule has 21 heavy (non-hydrogen) atoms. The Balaban J connectivity index is 0.00000220. The van der Waals surface area contributed by atoms with Crippen LogP contribution < -0.4 is 14.8 Å². The van der Waals surface area contributed by atoms with Crippen LogP contribution >= 0.6 is 12.4 Å². The van der Waals surface area contributed by atoms with Gasteiger partial charge < -0.3 is 14.8 Å². The van der Waals surface area contributed by atoms with Gasteiger partial charge in [0, 0.05) is 31.6 Å². The molecule has 1 atom stereocenters. The highest BCUT2D eigenvalue weighted by Gasteiger charge is 2.18. The molecule has 0 saturated carbocycles. The third-order valence-electron chi connectivity index (χ3n) is 3.12. The van der Waals surface area contributed by atoms with Crippen molar-refractivity contribution in [2.75, 3.05) is 40.0 Å². The molecule has 1 aromatic rings. The van der Waals surface area contributed by atoms with E-state index in [2.05, 4.69) is 10.0 Å². The van der Waals surface area contributed by atoms with Gasteiger partial charge in [-0.25, -0.2) is 13.1 Å². The first-order valence-corrected chi connectivity index (χ1v) is 8.02. The highest BCUT2D eigenvalue weighted by Crippen LogP contribution is 2.16. The number of ether oxygens (including phenoxy) is 2. The van der Waals surface area contributed by atoms with Crippen LogP contribution in [-0.2, 0) is 14.8 Å². The minimum absolute atomic E-state index is 0. The Labute approximate surface area is 131 Å². The number of methoxy groups -OCH3 is 1. The summed E-state index contributed by atoms with van der Waals surface area (Å²) in [6.45, 7) is 3.14. The second-order valence-electron chi connectivity index (χ2n) is 4.68. The molecule has 0 aromatic heterocycles. The van der Waals surface area contributed by atoms with Crippen molar-refractivity contribution in [3.63, 3.8) is 0 Å². The summed E-state index contributed by atoms with van der Waals surface area (Å²) >= 11 is 0. The molecule has 2 N–H and O–H groups in total. The lowest BCUT2D eigenvalue weighted by atomic mass is 10.2. The summed E-state index contributed by atoms with van der Waals surface area (Å²) < 4.78 is 37.5. The number of benzene rings is 1. The fraction of sp³-hybridized carbons (Fsp3) is 0.538. The van der Waals surface area contributed by atoms with Crippen LogP contribution in [0.5, 0.6) is 5.75 Å². The maximum atomic E-state index is 12.2. The number of nitrogens with one attached hydrogen (secondary N) is 2. The highest BCUT2D eigenvalue weighted by atomic mass is 35.5. The van der Waals surface area contributed by atoms with E-state index in [-0.39, 0.29) is 23.2 Å². The van der Waals surface area contributed by atoms with Crippen molar-refractivity contribution in [3.05, 3.63) is 24.3 Å². The van der Waals surface area contributed by atoms with Gasteiger partial charge in [0.05, 0.1) is 25.2 Å². The number of sulfonamides is 1. The standard InChI is InChI=1S/C13H20N2O4S.ClH/c1-18-12-3-2-4-13(7-12)20(16,17)15-9-11-8-14-5-6-19-10-11;/h2-4,7,11,14-15H,5-6,8-10H2,1H3;1H. The zero-order valence-electron chi connectivity index (χ0n) is 11.9. The maximum absolute atomic E-state index is 12.2. The topological polar surface area (TPSA) is 76.7 Å². The summed E-state index contributed by atoms with van der Waals surface area (Å²) in [4.78, 5) is 0.208. The monoisotopic (exact) mass is 336 g/mol. The van der Waals surface area contributed by atoms with Gasteiger partial charge >= 0.3 is 0 Å². The van der Waals surface area contributed by atoms with Gasteiger partial charge in [0.2, 0.25) is 10.0 Å². The quantitative estimate of drug-likeness (QED) is 0.825. The molecule has 0 radical (unpaired) electrons. The van der Waals surface area contributed by atoms with Crippen molar-refractivity contribution < 1.29 is 17.9 Å². The van der Waals surface area contributed by atoms with Crippen molar-refractivity contribution in [3.8, 4) is 5.75 Å². The number of rotatable bonds is 5. The molecular weight excluding hydrogens is 316 g/mol. The zero-order chi connectivity index (χ0) is 14.4. The largest absolute Gasteiger partial charge is 0.497 e. The average Bonchev–Trinajstić information content (AvgIpc) is 2.74. The molecule has 1 aliphatic heterocycles. The van der Waals surface area contributed by atoms with E-state index in [9.17, 15) is 8.42 Å². The van der Waals surface area contributed by atoms with Crippen LogP contribution in [0.1, 0.15) is 0 Å². The van der Waals surface area contributed by atoms with Crippen molar-refractivity contribution in [1.29, 1.82) is 0 Å². The van der Waals surface area contributed by atoms with E-state index in [0.717, 1.165) is 13.1 Å². The van der Waals surface area contributed by atoms with E-state index in [1.54, 1.807) is 18.2 Å². The Morgan fingerprint density at radius 1 is 1.48 bits per heavy atom. The lowest BCUT2D eigenvalue weighted by molar-refractivity contribution is 0.124. The molecule has 1 saturated heterocycles. The van der Waals surface area contributed by atoms with E-state index >= 15 is 0 Å². The Bertz CT molecular complexity index is 531. The van der Waals surface area contributed by atoms with E-state index < -0.39 is 10.0 Å². The summed E-state index contributed by atoms with van der Waals surface area (Å²) in [6, 6.07) is 6.42. The summed E-state index contributed by atoms with van der Waals surface area (Å²) in [5.41, 5.74) is 0. The van der Waals surface area contributed by atoms with Gasteiger partial charge in [-0.1, -0.05) is 6.07 Å². The smallest absolute Gasteiger partial charge is 0.240 e. The summed E-state index contributed by atoms with van der Waals surface area (Å²) in [5, 5.41) is 3.21. The summed E-state index contributed by atoms with van der Waals surface area (Å²) in [7, 11) is -2.01. The third-order valence-corrected chi connectivity index (χ3v) is 4.54. The molecule has 1 fully saturated rings. The molecule has 0 aliphatic carbocycles. The third kappa shape index (κ3) is 5.44. The van der Waals surface area contributed by atoms with Crippen molar-refractivity contribution in [2.24, 2.45) is 5.92 Å². The van der Waals surface area contributed by atoms with Gasteiger partial charge in [0.15, 0.2) is 0 Å². The fourth-order valence-electron chi connectivity index (χ4n) is 1.97. The Kier molecular flexibility index (Phi) is 7.41. The molecule has 0 amide bonds. The van der Waals surface area contributed by atoms with Crippen LogP contribution in [0.25, 0.3) is 0 Å². The zero-order valence-corrected chi connectivity index (χ0v) is 13.5.